The zero-order chi connectivity index (χ0) is 27.8. The lowest BCUT2D eigenvalue weighted by Gasteiger charge is -2.48. The number of hydrogen-bond acceptors (Lipinski definition) is 2. The molecule has 0 spiro atoms. The predicted molar refractivity (Wildman–Crippen MR) is 170 cm³/mol. The van der Waals surface area contributed by atoms with E-state index in [0.717, 1.165) is 24.3 Å². The normalized spacial score (nSPS) is 21.2. The van der Waals surface area contributed by atoms with Gasteiger partial charge in [0.2, 0.25) is 5.36 Å². The maximum Gasteiger partial charge on any atom is 0.207 e. The second-order valence-electron chi connectivity index (χ2n) is 14.7. The van der Waals surface area contributed by atoms with Gasteiger partial charge in [0.25, 0.3) is 0 Å². The van der Waals surface area contributed by atoms with Gasteiger partial charge < -0.3 is 9.64 Å². The summed E-state index contributed by atoms with van der Waals surface area (Å²) in [7, 11) is 0. The molecule has 0 aliphatic carbocycles. The van der Waals surface area contributed by atoms with Crippen LogP contribution in [0.15, 0.2) is 36.4 Å². The van der Waals surface area contributed by atoms with Gasteiger partial charge in [0.15, 0.2) is 5.54 Å². The number of hydrogen-bond donors (Lipinski definition) is 0. The van der Waals surface area contributed by atoms with Crippen LogP contribution in [0, 0.1) is 0 Å². The lowest BCUT2D eigenvalue weighted by Crippen LogP contribution is -2.54. The summed E-state index contributed by atoms with van der Waals surface area (Å²) in [6.07, 6.45) is 9.50. The van der Waals surface area contributed by atoms with Crippen LogP contribution in [0.25, 0.3) is 27.1 Å². The minimum Gasteiger partial charge on any atom is -0.455 e. The molecule has 9 rings (SSSR count). The lowest BCUT2D eigenvalue weighted by atomic mass is 9.79. The Bertz CT molecular complexity index is 1990. The molecular weight excluding hydrogens is 500 g/mol. The minimum absolute atomic E-state index is 0.229. The molecule has 5 aliphatic rings. The SMILES string of the molecule is CC1=c2ccc3c4c5c(cc3c2Oc2c1ccc1c3c6c(cc21)CCCN6C(C)(C)CC3)CCC[N+]=5C(C)(C)CC4. The number of fused-ring (bicyclic) bond motifs is 8. The fourth-order valence-corrected chi connectivity index (χ4v) is 9.18. The summed E-state index contributed by atoms with van der Waals surface area (Å²) in [6.45, 7) is 14.4. The van der Waals surface area contributed by atoms with E-state index in [4.69, 9.17) is 4.74 Å². The summed E-state index contributed by atoms with van der Waals surface area (Å²) >= 11 is 0. The smallest absolute Gasteiger partial charge is 0.207 e. The first-order valence-corrected chi connectivity index (χ1v) is 16.0. The summed E-state index contributed by atoms with van der Waals surface area (Å²) in [4.78, 5) is 2.71. The van der Waals surface area contributed by atoms with E-state index in [-0.39, 0.29) is 11.1 Å². The van der Waals surface area contributed by atoms with Crippen molar-refractivity contribution in [2.24, 2.45) is 0 Å². The van der Waals surface area contributed by atoms with E-state index in [9.17, 15) is 0 Å². The van der Waals surface area contributed by atoms with Crippen molar-refractivity contribution < 1.29 is 4.74 Å². The Morgan fingerprint density at radius 3 is 2.37 bits per heavy atom. The van der Waals surface area contributed by atoms with Crippen molar-refractivity contribution in [3.05, 3.63) is 74.8 Å². The highest BCUT2D eigenvalue weighted by atomic mass is 16.5. The quantitative estimate of drug-likeness (QED) is 0.224. The number of anilines is 1. The van der Waals surface area contributed by atoms with Crippen LogP contribution in [0.2, 0.25) is 0 Å². The van der Waals surface area contributed by atoms with Crippen molar-refractivity contribution in [2.75, 3.05) is 18.0 Å². The Kier molecular flexibility index (Phi) is 4.70. The average molecular weight is 542 g/mol. The maximum absolute atomic E-state index is 7.18. The topological polar surface area (TPSA) is 15.5 Å². The fourth-order valence-electron chi connectivity index (χ4n) is 9.18. The number of nitrogens with zero attached hydrogens (tertiary/aromatic N) is 2. The van der Waals surface area contributed by atoms with Gasteiger partial charge in [-0.2, -0.15) is 0 Å². The van der Waals surface area contributed by atoms with Gasteiger partial charge in [-0.05, 0) is 113 Å². The molecule has 0 saturated heterocycles. The van der Waals surface area contributed by atoms with Crippen LogP contribution < -0.4 is 24.8 Å². The van der Waals surface area contributed by atoms with Gasteiger partial charge >= 0.3 is 0 Å². The van der Waals surface area contributed by atoms with Crippen molar-refractivity contribution in [3.63, 3.8) is 0 Å². The molecular formula is C38H41N2O+. The molecule has 4 aromatic carbocycles. The average Bonchev–Trinajstić information content (AvgIpc) is 2.96. The van der Waals surface area contributed by atoms with E-state index in [1.165, 1.54) is 112 Å². The molecule has 0 bridgehead atoms. The highest BCUT2D eigenvalue weighted by Crippen LogP contribution is 2.49. The predicted octanol–water partition coefficient (Wildman–Crippen LogP) is 6.96. The first kappa shape index (κ1) is 24.3. The molecule has 3 nitrogen and oxygen atoms in total. The molecule has 0 amide bonds. The van der Waals surface area contributed by atoms with E-state index in [2.05, 4.69) is 80.5 Å². The Hall–Kier alpha value is -3.33. The number of benzene rings is 4. The lowest BCUT2D eigenvalue weighted by molar-refractivity contribution is 0.274. The van der Waals surface area contributed by atoms with Crippen LogP contribution in [0.3, 0.4) is 0 Å². The fraction of sp³-hybridized carbons (Fsp3) is 0.447. The van der Waals surface area contributed by atoms with Gasteiger partial charge in [0.05, 0.1) is 0 Å². The van der Waals surface area contributed by atoms with E-state index in [1.54, 1.807) is 11.1 Å². The van der Waals surface area contributed by atoms with Crippen LogP contribution in [0.5, 0.6) is 11.5 Å². The van der Waals surface area contributed by atoms with Gasteiger partial charge in [-0.15, -0.1) is 0 Å². The minimum atomic E-state index is 0.229. The molecule has 41 heavy (non-hydrogen) atoms. The molecule has 0 atom stereocenters. The third kappa shape index (κ3) is 3.13. The molecule has 0 radical (unpaired) electrons. The van der Waals surface area contributed by atoms with Crippen molar-refractivity contribution in [1.82, 2.24) is 4.58 Å². The van der Waals surface area contributed by atoms with Crippen molar-refractivity contribution in [3.8, 4) is 11.5 Å². The molecule has 5 heterocycles. The Morgan fingerprint density at radius 2 is 1.49 bits per heavy atom. The largest absolute Gasteiger partial charge is 0.455 e. The van der Waals surface area contributed by atoms with Crippen LogP contribution in [-0.2, 0) is 25.7 Å². The summed E-state index contributed by atoms with van der Waals surface area (Å²) in [5.41, 5.74) is 10.7. The highest BCUT2D eigenvalue weighted by Gasteiger charge is 2.40. The zero-order valence-electron chi connectivity index (χ0n) is 25.3. The number of ether oxygens (including phenoxy) is 1. The van der Waals surface area contributed by atoms with Crippen molar-refractivity contribution >= 4 is 32.8 Å². The van der Waals surface area contributed by atoms with Crippen LogP contribution in [0.4, 0.5) is 5.69 Å². The first-order chi connectivity index (χ1) is 19.7. The summed E-state index contributed by atoms with van der Waals surface area (Å²) in [6, 6.07) is 14.5. The molecule has 208 valence electrons. The standard InChI is InChI=1S/C38H41N2O/c1-22-25-10-12-27-29-14-16-37(2,3)39-18-6-8-23(33(29)39)20-31(27)35(25)41-36-26(22)11-13-28-30-15-17-38(4,5)40-19-7-9-24(34(30)40)21-32(28)36/h10-13,20-21H,6-9,14-19H2,1-5H3/q+1. The van der Waals surface area contributed by atoms with Gasteiger partial charge in [-0.25, -0.2) is 4.58 Å². The summed E-state index contributed by atoms with van der Waals surface area (Å²) < 4.78 is 9.89. The van der Waals surface area contributed by atoms with Gasteiger partial charge in [0.1, 0.15) is 18.0 Å². The van der Waals surface area contributed by atoms with E-state index in [1.807, 2.05) is 0 Å². The zero-order valence-corrected chi connectivity index (χ0v) is 25.3. The molecule has 4 aromatic rings. The maximum atomic E-state index is 7.18. The van der Waals surface area contributed by atoms with Gasteiger partial charge in [-0.3, -0.25) is 0 Å². The molecule has 0 aromatic heterocycles. The molecule has 0 N–H and O–H groups in total. The van der Waals surface area contributed by atoms with Crippen molar-refractivity contribution in [1.29, 1.82) is 0 Å². The third-order valence-corrected chi connectivity index (χ3v) is 11.5. The monoisotopic (exact) mass is 541 g/mol. The van der Waals surface area contributed by atoms with Gasteiger partial charge in [0, 0.05) is 63.3 Å². The number of rotatable bonds is 0. The van der Waals surface area contributed by atoms with Crippen LogP contribution in [-0.4, -0.2) is 24.2 Å². The van der Waals surface area contributed by atoms with Crippen LogP contribution >= 0.6 is 0 Å². The second kappa shape index (κ2) is 7.94. The van der Waals surface area contributed by atoms with Crippen molar-refractivity contribution in [2.45, 2.75) is 97.1 Å². The molecule has 0 fully saturated rings. The second-order valence-corrected chi connectivity index (χ2v) is 14.7. The van der Waals surface area contributed by atoms with Crippen LogP contribution in [0.1, 0.15) is 88.1 Å². The molecule has 5 aliphatic heterocycles. The molecule has 0 unspecified atom stereocenters. The Balaban J connectivity index is 1.32. The van der Waals surface area contributed by atoms with E-state index < -0.39 is 0 Å². The third-order valence-electron chi connectivity index (χ3n) is 11.5. The van der Waals surface area contributed by atoms with E-state index in [0.29, 0.717) is 0 Å². The van der Waals surface area contributed by atoms with E-state index >= 15 is 0 Å². The molecule has 0 saturated carbocycles. The summed E-state index contributed by atoms with van der Waals surface area (Å²) in [5, 5.41) is 8.20. The Labute approximate surface area is 243 Å². The summed E-state index contributed by atoms with van der Waals surface area (Å²) in [5.74, 6) is 2.16. The highest BCUT2D eigenvalue weighted by molar-refractivity contribution is 6.02. The molecule has 3 heteroatoms. The van der Waals surface area contributed by atoms with Gasteiger partial charge in [-0.1, -0.05) is 24.3 Å². The Morgan fingerprint density at radius 1 is 0.756 bits per heavy atom. The number of aryl methyl sites for hydroxylation is 4. The first-order valence-electron chi connectivity index (χ1n) is 16.0.